The van der Waals surface area contributed by atoms with Crippen molar-refractivity contribution in [3.63, 3.8) is 0 Å². The second-order valence-electron chi connectivity index (χ2n) is 10.4. The molecule has 3 aliphatic rings. The third-order valence-electron chi connectivity index (χ3n) is 7.17. The summed E-state index contributed by atoms with van der Waals surface area (Å²) in [6, 6.07) is -0.0481. The second-order valence-corrected chi connectivity index (χ2v) is 10.4. The SMILES string of the molecule is C1CCCC1.C[n+]1ccn(C(=O)N2CCCC2)c1.O=C(N1CCCC1)n1ccnc1.O=C(n1ccnc1)n1ccnc1.[I-]. The van der Waals surface area contributed by atoms with E-state index in [1.54, 1.807) is 60.6 Å². The van der Waals surface area contributed by atoms with Crippen molar-refractivity contribution in [2.24, 2.45) is 7.05 Å². The van der Waals surface area contributed by atoms with Crippen LogP contribution in [-0.4, -0.2) is 87.3 Å². The van der Waals surface area contributed by atoms with E-state index in [0.717, 1.165) is 51.9 Å². The number of carbonyl (C=O) groups excluding carboxylic acids is 3. The van der Waals surface area contributed by atoms with Crippen LogP contribution < -0.4 is 28.5 Å². The second kappa shape index (κ2) is 18.0. The molecule has 0 N–H and O–H groups in total. The van der Waals surface area contributed by atoms with E-state index in [-0.39, 0.29) is 42.1 Å². The van der Waals surface area contributed by atoms with E-state index in [1.807, 2.05) is 27.6 Å². The van der Waals surface area contributed by atoms with Gasteiger partial charge in [0.15, 0.2) is 0 Å². The molecule has 2 aliphatic heterocycles. The minimum atomic E-state index is -0.190. The Hall–Kier alpha value is -3.82. The zero-order chi connectivity index (χ0) is 29.6. The lowest BCUT2D eigenvalue weighted by molar-refractivity contribution is -0.670. The maximum Gasteiger partial charge on any atom is 0.415 e. The van der Waals surface area contributed by atoms with Crippen molar-refractivity contribution in [1.82, 2.24) is 43.0 Å². The van der Waals surface area contributed by atoms with E-state index in [2.05, 4.69) is 15.0 Å². The lowest BCUT2D eigenvalue weighted by Crippen LogP contribution is -3.00. The number of nitrogens with zero attached hydrogens (tertiary/aromatic N) is 10. The van der Waals surface area contributed by atoms with Crippen LogP contribution >= 0.6 is 0 Å². The molecule has 2 amide bonds. The number of likely N-dealkylation sites (tertiary alicyclic amines) is 2. The molecule has 6 heterocycles. The molecule has 1 saturated carbocycles. The molecule has 2 saturated heterocycles. The van der Waals surface area contributed by atoms with Crippen LogP contribution in [0.25, 0.3) is 0 Å². The maximum atomic E-state index is 11.7. The summed E-state index contributed by atoms with van der Waals surface area (Å²) in [5.74, 6) is 0. The number of amides is 2. The van der Waals surface area contributed by atoms with Crippen LogP contribution in [-0.2, 0) is 7.05 Å². The predicted octanol–water partition coefficient (Wildman–Crippen LogP) is 0.874. The monoisotopic (exact) mass is 704 g/mol. The van der Waals surface area contributed by atoms with Crippen molar-refractivity contribution < 1.29 is 42.9 Å². The minimum absolute atomic E-state index is 0. The number of hydrogen-bond donors (Lipinski definition) is 0. The van der Waals surface area contributed by atoms with E-state index in [9.17, 15) is 14.4 Å². The Morgan fingerprint density at radius 3 is 1.23 bits per heavy atom. The lowest BCUT2D eigenvalue weighted by Gasteiger charge is -2.14. The Balaban J connectivity index is 0.000000162. The summed E-state index contributed by atoms with van der Waals surface area (Å²) in [5, 5.41) is 0. The lowest BCUT2D eigenvalue weighted by atomic mass is 10.4. The molecule has 232 valence electrons. The van der Waals surface area contributed by atoms with Crippen molar-refractivity contribution in [3.05, 3.63) is 74.9 Å². The van der Waals surface area contributed by atoms with Gasteiger partial charge in [-0.1, -0.05) is 32.1 Å². The molecule has 0 bridgehead atoms. The van der Waals surface area contributed by atoms with Crippen LogP contribution in [0.1, 0.15) is 57.8 Å². The molecule has 0 unspecified atom stereocenters. The van der Waals surface area contributed by atoms with Gasteiger partial charge in [-0.05, 0) is 25.7 Å². The highest BCUT2D eigenvalue weighted by molar-refractivity contribution is 5.78. The number of aryl methyl sites for hydroxylation is 1. The van der Waals surface area contributed by atoms with E-state index >= 15 is 0 Å². The first-order valence-corrected chi connectivity index (χ1v) is 14.6. The highest BCUT2D eigenvalue weighted by Gasteiger charge is 2.23. The fourth-order valence-corrected chi connectivity index (χ4v) is 4.84. The number of carbonyl (C=O) groups is 3. The van der Waals surface area contributed by atoms with Gasteiger partial charge in [0.1, 0.15) is 31.4 Å². The number of halogens is 1. The van der Waals surface area contributed by atoms with Crippen molar-refractivity contribution >= 4 is 18.1 Å². The fraction of sp³-hybridized carbons (Fsp3) is 0.483. The van der Waals surface area contributed by atoms with Crippen molar-refractivity contribution in [3.8, 4) is 0 Å². The van der Waals surface area contributed by atoms with Gasteiger partial charge in [-0.15, -0.1) is 0 Å². The summed E-state index contributed by atoms with van der Waals surface area (Å²) >= 11 is 0. The molecule has 0 aromatic carbocycles. The van der Waals surface area contributed by atoms with Gasteiger partial charge >= 0.3 is 18.1 Å². The van der Waals surface area contributed by atoms with Crippen LogP contribution in [0, 0.1) is 0 Å². The Kier molecular flexibility index (Phi) is 14.1. The molecule has 0 atom stereocenters. The molecule has 13 nitrogen and oxygen atoms in total. The Morgan fingerprint density at radius 1 is 0.535 bits per heavy atom. The number of hydrogen-bond acceptors (Lipinski definition) is 6. The number of rotatable bonds is 0. The molecular formula is C29H41IN10O3. The molecule has 4 aromatic heterocycles. The van der Waals surface area contributed by atoms with Gasteiger partial charge < -0.3 is 33.8 Å². The topological polar surface area (TPSA) is 120 Å². The summed E-state index contributed by atoms with van der Waals surface area (Å²) < 4.78 is 7.77. The van der Waals surface area contributed by atoms with Crippen LogP contribution in [0.5, 0.6) is 0 Å². The predicted molar refractivity (Wildman–Crippen MR) is 155 cm³/mol. The Morgan fingerprint density at radius 2 is 0.907 bits per heavy atom. The zero-order valence-corrected chi connectivity index (χ0v) is 26.9. The first-order chi connectivity index (χ1) is 20.5. The van der Waals surface area contributed by atoms with Crippen LogP contribution in [0.4, 0.5) is 14.4 Å². The quantitative estimate of drug-likeness (QED) is 0.198. The number of imidazole rings is 4. The Bertz CT molecular complexity index is 1290. The molecule has 3 fully saturated rings. The van der Waals surface area contributed by atoms with E-state index in [1.165, 1.54) is 58.5 Å². The first-order valence-electron chi connectivity index (χ1n) is 14.6. The van der Waals surface area contributed by atoms with Gasteiger partial charge in [0.2, 0.25) is 0 Å². The average molecular weight is 705 g/mol. The molecule has 4 aromatic rings. The molecule has 0 radical (unpaired) electrons. The van der Waals surface area contributed by atoms with E-state index in [4.69, 9.17) is 0 Å². The van der Waals surface area contributed by atoms with E-state index in [0.29, 0.717) is 0 Å². The molecule has 43 heavy (non-hydrogen) atoms. The molecule has 7 rings (SSSR count). The van der Waals surface area contributed by atoms with Crippen molar-refractivity contribution in [2.75, 3.05) is 26.2 Å². The van der Waals surface area contributed by atoms with Crippen molar-refractivity contribution in [1.29, 1.82) is 0 Å². The fourth-order valence-electron chi connectivity index (χ4n) is 4.84. The van der Waals surface area contributed by atoms with Gasteiger partial charge in [0.25, 0.3) is 6.33 Å². The highest BCUT2D eigenvalue weighted by Crippen LogP contribution is 2.15. The van der Waals surface area contributed by atoms with E-state index < -0.39 is 0 Å². The first kappa shape index (κ1) is 33.7. The summed E-state index contributed by atoms with van der Waals surface area (Å²) in [5.41, 5.74) is 0. The maximum absolute atomic E-state index is 11.7. The van der Waals surface area contributed by atoms with Crippen LogP contribution in [0.2, 0.25) is 0 Å². The summed E-state index contributed by atoms with van der Waals surface area (Å²) in [7, 11) is 1.91. The van der Waals surface area contributed by atoms with Crippen molar-refractivity contribution in [2.45, 2.75) is 57.8 Å². The third-order valence-corrected chi connectivity index (χ3v) is 7.17. The summed E-state index contributed by atoms with van der Waals surface area (Å²) in [4.78, 5) is 49.8. The minimum Gasteiger partial charge on any atom is -1.00 e. The van der Waals surface area contributed by atoms with Crippen LogP contribution in [0.3, 0.4) is 0 Å². The smallest absolute Gasteiger partial charge is 0.415 e. The normalized spacial score (nSPS) is 15.3. The van der Waals surface area contributed by atoms with Gasteiger partial charge in [-0.25, -0.2) is 33.9 Å². The Labute approximate surface area is 269 Å². The third kappa shape index (κ3) is 10.4. The van der Waals surface area contributed by atoms with Gasteiger partial charge in [0, 0.05) is 63.4 Å². The highest BCUT2D eigenvalue weighted by atomic mass is 127. The molecule has 14 heteroatoms. The largest absolute Gasteiger partial charge is 1.00 e. The van der Waals surface area contributed by atoms with Gasteiger partial charge in [-0.3, -0.25) is 13.7 Å². The summed E-state index contributed by atoms with van der Waals surface area (Å²) in [6.07, 6.45) is 31.5. The average Bonchev–Trinajstić information content (AvgIpc) is 3.89. The van der Waals surface area contributed by atoms with Crippen LogP contribution in [0.15, 0.2) is 74.9 Å². The van der Waals surface area contributed by atoms with Gasteiger partial charge in [-0.2, -0.15) is 4.57 Å². The number of aromatic nitrogens is 8. The molecular weight excluding hydrogens is 663 g/mol. The zero-order valence-electron chi connectivity index (χ0n) is 24.7. The molecule has 1 aliphatic carbocycles. The summed E-state index contributed by atoms with van der Waals surface area (Å²) in [6.45, 7) is 3.58. The van der Waals surface area contributed by atoms with Gasteiger partial charge in [0.05, 0.1) is 7.05 Å². The molecule has 0 spiro atoms. The standard InChI is InChI=1S/C9H14N3O.C8H11N3O.C7H6N4O.C5H10.HI/c1-10-6-7-12(8-10)9(13)11-4-2-3-5-11;12-8(10-4-1-2-5-10)11-6-3-9-7-11;12-7(10-3-1-8-5-10)11-4-2-9-6-11;1-2-4-5-3-1;/h6-8H,2-5H2,1H3;3,6-7H,1-2,4-5H2;1-6H;1-5H2;1H/q+1;;;;/p-1.